The summed E-state index contributed by atoms with van der Waals surface area (Å²) >= 11 is 0. The fourth-order valence-corrected chi connectivity index (χ4v) is 4.49. The van der Waals surface area contributed by atoms with Crippen molar-refractivity contribution in [3.05, 3.63) is 18.2 Å². The van der Waals surface area contributed by atoms with Crippen molar-refractivity contribution in [3.8, 4) is 5.75 Å². The number of anilines is 1. The predicted octanol–water partition coefficient (Wildman–Crippen LogP) is 7.22. The smallest absolute Gasteiger partial charge is 0.411 e. The number of carbonyl (C=O) groups is 1. The summed E-state index contributed by atoms with van der Waals surface area (Å²) in [6, 6.07) is 3.83. The third kappa shape index (κ3) is 12.3. The minimum Gasteiger partial charge on any atom is -0.506 e. The van der Waals surface area contributed by atoms with E-state index in [0.717, 1.165) is 19.3 Å². The average Bonchev–Trinajstić information content (AvgIpc) is 2.77. The van der Waals surface area contributed by atoms with Crippen LogP contribution in [0.1, 0.15) is 104 Å². The summed E-state index contributed by atoms with van der Waals surface area (Å²) in [5.74, 6) is -0.255. The first kappa shape index (κ1) is 28.3. The number of ether oxygens (including phenoxy) is 1. The number of amides is 1. The molecule has 1 amide bonds. The van der Waals surface area contributed by atoms with Gasteiger partial charge in [-0.05, 0) is 24.6 Å². The summed E-state index contributed by atoms with van der Waals surface area (Å²) in [4.78, 5) is 12.0. The van der Waals surface area contributed by atoms with Gasteiger partial charge < -0.3 is 9.84 Å². The quantitative estimate of drug-likeness (QED) is 0.175. The monoisotopic (exact) mass is 469 g/mol. The lowest BCUT2D eigenvalue weighted by Crippen LogP contribution is -2.15. The van der Waals surface area contributed by atoms with Crippen LogP contribution in [0.15, 0.2) is 23.1 Å². The zero-order chi connectivity index (χ0) is 23.7. The highest BCUT2D eigenvalue weighted by Gasteiger charge is 2.15. The molecule has 0 bridgehead atoms. The maximum absolute atomic E-state index is 12.0. The summed E-state index contributed by atoms with van der Waals surface area (Å²) in [7, 11) is -3.42. The Morgan fingerprint density at radius 2 is 1.34 bits per heavy atom. The highest BCUT2D eigenvalue weighted by Crippen LogP contribution is 2.27. The lowest BCUT2D eigenvalue weighted by molar-refractivity contribution is 0.159. The second kappa shape index (κ2) is 16.8. The molecule has 6 nitrogen and oxygen atoms in total. The molecule has 0 heterocycles. The number of phenols is 1. The van der Waals surface area contributed by atoms with Gasteiger partial charge in [0, 0.05) is 0 Å². The van der Waals surface area contributed by atoms with Gasteiger partial charge in [-0.3, -0.25) is 5.32 Å². The van der Waals surface area contributed by atoms with Crippen LogP contribution in [0.4, 0.5) is 10.5 Å². The number of carbonyl (C=O) groups excluding carboxylic acids is 1. The third-order valence-electron chi connectivity index (χ3n) is 5.67. The van der Waals surface area contributed by atoms with Crippen LogP contribution < -0.4 is 5.32 Å². The number of hydrogen-bond acceptors (Lipinski definition) is 5. The Morgan fingerprint density at radius 3 is 1.84 bits per heavy atom. The summed E-state index contributed by atoms with van der Waals surface area (Å²) in [6.07, 6.45) is 17.0. The Balaban J connectivity index is 2.06. The summed E-state index contributed by atoms with van der Waals surface area (Å²) in [5.41, 5.74) is 0.0329. The molecule has 1 aromatic rings. The van der Waals surface area contributed by atoms with Gasteiger partial charge in [0.15, 0.2) is 9.84 Å². The maximum Gasteiger partial charge on any atom is 0.411 e. The van der Waals surface area contributed by atoms with Gasteiger partial charge in [-0.25, -0.2) is 13.2 Å². The van der Waals surface area contributed by atoms with Crippen molar-refractivity contribution in [2.24, 2.45) is 0 Å². The first-order chi connectivity index (χ1) is 15.4. The second-order valence-electron chi connectivity index (χ2n) is 8.44. The Hall–Kier alpha value is -1.76. The van der Waals surface area contributed by atoms with Gasteiger partial charge in [0.2, 0.25) is 0 Å². The van der Waals surface area contributed by atoms with Gasteiger partial charge in [0.05, 0.1) is 22.9 Å². The zero-order valence-corrected chi connectivity index (χ0v) is 20.9. The van der Waals surface area contributed by atoms with E-state index in [-0.39, 0.29) is 22.1 Å². The molecule has 0 saturated heterocycles. The molecule has 0 aliphatic rings. The lowest BCUT2D eigenvalue weighted by atomic mass is 10.0. The summed E-state index contributed by atoms with van der Waals surface area (Å²) in [5, 5.41) is 12.3. The normalized spacial score (nSPS) is 11.4. The standard InChI is InChI=1S/C25H43NO5S/c1-3-5-6-7-8-9-10-11-12-13-14-15-16-17-20-31-25(28)26-23-21-22(18-19-24(23)27)32(29,30)4-2/h18-19,21,27H,3-17,20H2,1-2H3,(H,26,28). The van der Waals surface area contributed by atoms with Gasteiger partial charge >= 0.3 is 6.09 Å². The fraction of sp³-hybridized carbons (Fsp3) is 0.720. The van der Waals surface area contributed by atoms with Crippen molar-refractivity contribution in [3.63, 3.8) is 0 Å². The number of benzene rings is 1. The third-order valence-corrected chi connectivity index (χ3v) is 7.41. The molecule has 0 spiro atoms. The molecular weight excluding hydrogens is 426 g/mol. The predicted molar refractivity (Wildman–Crippen MR) is 131 cm³/mol. The minimum atomic E-state index is -3.42. The van der Waals surface area contributed by atoms with E-state index in [1.54, 1.807) is 6.92 Å². The first-order valence-electron chi connectivity index (χ1n) is 12.4. The second-order valence-corrected chi connectivity index (χ2v) is 10.7. The SMILES string of the molecule is CCCCCCCCCCCCCCCCOC(=O)Nc1cc(S(=O)(=O)CC)ccc1O. The maximum atomic E-state index is 12.0. The van der Waals surface area contributed by atoms with Crippen LogP contribution in [0.5, 0.6) is 5.75 Å². The van der Waals surface area contributed by atoms with Gasteiger partial charge in [-0.1, -0.05) is 97.3 Å². The van der Waals surface area contributed by atoms with E-state index in [9.17, 15) is 18.3 Å². The average molecular weight is 470 g/mol. The largest absolute Gasteiger partial charge is 0.506 e. The van der Waals surface area contributed by atoms with Crippen molar-refractivity contribution in [2.75, 3.05) is 17.7 Å². The van der Waals surface area contributed by atoms with Gasteiger partial charge in [0.1, 0.15) is 5.75 Å². The molecule has 1 rings (SSSR count). The molecule has 7 heteroatoms. The van der Waals surface area contributed by atoms with Crippen molar-refractivity contribution in [1.82, 2.24) is 0 Å². The number of phenolic OH excluding ortho intramolecular Hbond substituents is 1. The number of rotatable bonds is 18. The van der Waals surface area contributed by atoms with Crippen molar-refractivity contribution < 1.29 is 23.1 Å². The molecule has 0 aromatic heterocycles. The minimum absolute atomic E-state index is 0.0329. The van der Waals surface area contributed by atoms with Gasteiger partial charge in [-0.2, -0.15) is 0 Å². The Kier molecular flexibility index (Phi) is 14.9. The van der Waals surface area contributed by atoms with Crippen LogP contribution in [0.2, 0.25) is 0 Å². The van der Waals surface area contributed by atoms with Gasteiger partial charge in [0.25, 0.3) is 0 Å². The van der Waals surface area contributed by atoms with E-state index in [2.05, 4.69) is 12.2 Å². The zero-order valence-electron chi connectivity index (χ0n) is 20.0. The van der Waals surface area contributed by atoms with E-state index < -0.39 is 15.9 Å². The number of aromatic hydroxyl groups is 1. The number of unbranched alkanes of at least 4 members (excludes halogenated alkanes) is 13. The lowest BCUT2D eigenvalue weighted by Gasteiger charge is -2.10. The van der Waals surface area contributed by atoms with Gasteiger partial charge in [-0.15, -0.1) is 0 Å². The Morgan fingerprint density at radius 1 is 0.844 bits per heavy atom. The van der Waals surface area contributed by atoms with E-state index in [4.69, 9.17) is 4.74 Å². The van der Waals surface area contributed by atoms with Crippen molar-refractivity contribution in [1.29, 1.82) is 0 Å². The highest BCUT2D eigenvalue weighted by molar-refractivity contribution is 7.91. The molecule has 0 aliphatic heterocycles. The summed E-state index contributed by atoms with van der Waals surface area (Å²) in [6.45, 7) is 4.10. The van der Waals surface area contributed by atoms with E-state index in [1.165, 1.54) is 88.8 Å². The van der Waals surface area contributed by atoms with Crippen LogP contribution in [-0.4, -0.2) is 32.0 Å². The van der Waals surface area contributed by atoms with Crippen LogP contribution in [0.25, 0.3) is 0 Å². The van der Waals surface area contributed by atoms with Crippen LogP contribution >= 0.6 is 0 Å². The van der Waals surface area contributed by atoms with E-state index in [0.29, 0.717) is 6.61 Å². The van der Waals surface area contributed by atoms with Crippen molar-refractivity contribution >= 4 is 21.6 Å². The summed E-state index contributed by atoms with van der Waals surface area (Å²) < 4.78 is 29.1. The van der Waals surface area contributed by atoms with Crippen LogP contribution in [0, 0.1) is 0 Å². The molecule has 1 aromatic carbocycles. The fourth-order valence-electron chi connectivity index (χ4n) is 3.58. The molecule has 0 aliphatic carbocycles. The molecule has 0 saturated carbocycles. The molecule has 0 atom stereocenters. The van der Waals surface area contributed by atoms with Crippen LogP contribution in [0.3, 0.4) is 0 Å². The van der Waals surface area contributed by atoms with E-state index >= 15 is 0 Å². The topological polar surface area (TPSA) is 92.7 Å². The molecule has 0 unspecified atom stereocenters. The molecule has 2 N–H and O–H groups in total. The Labute approximate surface area is 195 Å². The number of sulfone groups is 1. The molecule has 32 heavy (non-hydrogen) atoms. The number of hydrogen-bond donors (Lipinski definition) is 2. The Bertz CT molecular complexity index is 749. The molecular formula is C25H43NO5S. The highest BCUT2D eigenvalue weighted by atomic mass is 32.2. The molecule has 184 valence electrons. The van der Waals surface area contributed by atoms with E-state index in [1.807, 2.05) is 0 Å². The molecule has 0 fully saturated rings. The molecule has 0 radical (unpaired) electrons. The first-order valence-corrected chi connectivity index (χ1v) is 14.1. The number of nitrogens with one attached hydrogen (secondary N) is 1. The van der Waals surface area contributed by atoms with Crippen LogP contribution in [-0.2, 0) is 14.6 Å². The van der Waals surface area contributed by atoms with Crippen molar-refractivity contribution in [2.45, 2.75) is 109 Å².